The van der Waals surface area contributed by atoms with Crippen molar-refractivity contribution >= 4 is 17.4 Å². The van der Waals surface area contributed by atoms with E-state index in [0.717, 1.165) is 11.3 Å². The van der Waals surface area contributed by atoms with E-state index in [1.807, 2.05) is 12.1 Å². The van der Waals surface area contributed by atoms with Gasteiger partial charge in [-0.15, -0.1) is 5.10 Å². The third-order valence-corrected chi connectivity index (χ3v) is 6.67. The van der Waals surface area contributed by atoms with Crippen molar-refractivity contribution in [3.8, 4) is 28.6 Å². The lowest BCUT2D eigenvalue weighted by Crippen LogP contribution is -2.36. The number of carbonyl (C=O) groups is 1. The highest BCUT2D eigenvalue weighted by atomic mass is 16.6. The summed E-state index contributed by atoms with van der Waals surface area (Å²) < 4.78 is 18.3. The lowest BCUT2D eigenvalue weighted by molar-refractivity contribution is -0.384. The maximum absolute atomic E-state index is 13.5. The van der Waals surface area contributed by atoms with Crippen LogP contribution >= 0.6 is 0 Å². The molecule has 0 amide bonds. The Kier molecular flexibility index (Phi) is 5.85. The van der Waals surface area contributed by atoms with Crippen molar-refractivity contribution in [2.45, 2.75) is 32.7 Å². The van der Waals surface area contributed by atoms with Gasteiger partial charge in [-0.05, 0) is 41.7 Å². The first-order chi connectivity index (χ1) is 17.7. The Morgan fingerprint density at radius 1 is 1.05 bits per heavy atom. The molecule has 0 saturated heterocycles. The minimum Gasteiger partial charge on any atom is -0.493 e. The number of allylic oxidation sites excluding steroid dienone is 2. The Labute approximate surface area is 213 Å². The molecule has 11 heteroatoms. The molecule has 1 aliphatic heterocycles. The summed E-state index contributed by atoms with van der Waals surface area (Å²) in [7, 11) is 4.61. The molecule has 2 heterocycles. The van der Waals surface area contributed by atoms with Gasteiger partial charge >= 0.3 is 0 Å². The normalized spacial score (nSPS) is 18.0. The molecule has 3 aromatic rings. The van der Waals surface area contributed by atoms with E-state index in [0.29, 0.717) is 53.0 Å². The Hall–Kier alpha value is -4.41. The van der Waals surface area contributed by atoms with Gasteiger partial charge in [-0.3, -0.25) is 14.9 Å². The number of nitrogens with one attached hydrogen (secondary N) is 1. The standard InChI is InChI=1S/C26H27N5O6/c1-26(2)12-17-21(18(32)13-26)22(15-10-19(35-3)23(37-5)20(11-15)36-4)30-25(27-17)28-24(29-30)14-6-8-16(9-7-14)31(33)34/h6-11,22H,12-13H2,1-5H3,(H,27,28,29). The van der Waals surface area contributed by atoms with Gasteiger partial charge in [-0.2, -0.15) is 4.98 Å². The highest BCUT2D eigenvalue weighted by Crippen LogP contribution is 2.48. The van der Waals surface area contributed by atoms with E-state index in [2.05, 4.69) is 19.2 Å². The number of nitro groups is 1. The van der Waals surface area contributed by atoms with Crippen LogP contribution in [0.5, 0.6) is 17.2 Å². The highest BCUT2D eigenvalue weighted by Gasteiger charge is 2.42. The summed E-state index contributed by atoms with van der Waals surface area (Å²) >= 11 is 0. The third-order valence-electron chi connectivity index (χ3n) is 6.67. The number of ether oxygens (including phenoxy) is 3. The van der Waals surface area contributed by atoms with Crippen molar-refractivity contribution in [1.29, 1.82) is 0 Å². The zero-order valence-electron chi connectivity index (χ0n) is 21.2. The first-order valence-corrected chi connectivity index (χ1v) is 11.7. The molecule has 0 spiro atoms. The summed E-state index contributed by atoms with van der Waals surface area (Å²) in [5.74, 6) is 2.23. The van der Waals surface area contributed by atoms with Gasteiger partial charge in [0.1, 0.15) is 6.04 Å². The van der Waals surface area contributed by atoms with Crippen molar-refractivity contribution in [3.63, 3.8) is 0 Å². The number of non-ortho nitro benzene ring substituents is 1. The van der Waals surface area contributed by atoms with Crippen molar-refractivity contribution in [1.82, 2.24) is 14.8 Å². The van der Waals surface area contributed by atoms with Gasteiger partial charge < -0.3 is 19.5 Å². The molecular weight excluding hydrogens is 478 g/mol. The summed E-state index contributed by atoms with van der Waals surface area (Å²) in [5.41, 5.74) is 2.51. The zero-order chi connectivity index (χ0) is 26.5. The smallest absolute Gasteiger partial charge is 0.269 e. The number of hydrogen-bond acceptors (Lipinski definition) is 9. The fourth-order valence-electron chi connectivity index (χ4n) is 5.03. The average molecular weight is 506 g/mol. The summed E-state index contributed by atoms with van der Waals surface area (Å²) in [5, 5.41) is 19.2. The van der Waals surface area contributed by atoms with E-state index >= 15 is 0 Å². The van der Waals surface area contributed by atoms with Gasteiger partial charge in [0.25, 0.3) is 5.69 Å². The van der Waals surface area contributed by atoms with Gasteiger partial charge in [0, 0.05) is 35.4 Å². The minimum absolute atomic E-state index is 0.0221. The molecule has 0 bridgehead atoms. The molecule has 1 atom stereocenters. The number of ketones is 1. The van der Waals surface area contributed by atoms with Gasteiger partial charge in [-0.1, -0.05) is 13.8 Å². The van der Waals surface area contributed by atoms with Crippen LogP contribution in [-0.2, 0) is 4.79 Å². The number of hydrogen-bond donors (Lipinski definition) is 1. The van der Waals surface area contributed by atoms with E-state index in [1.165, 1.54) is 33.5 Å². The maximum Gasteiger partial charge on any atom is 0.269 e. The quantitative estimate of drug-likeness (QED) is 0.379. The predicted molar refractivity (Wildman–Crippen MR) is 135 cm³/mol. The molecule has 5 rings (SSSR count). The van der Waals surface area contributed by atoms with E-state index < -0.39 is 11.0 Å². The third kappa shape index (κ3) is 4.15. The van der Waals surface area contributed by atoms with Gasteiger partial charge in [0.15, 0.2) is 23.1 Å². The molecule has 0 radical (unpaired) electrons. The summed E-state index contributed by atoms with van der Waals surface area (Å²) in [6, 6.07) is 9.06. The number of benzene rings is 2. The fraction of sp³-hybridized carbons (Fsp3) is 0.346. The van der Waals surface area contributed by atoms with Gasteiger partial charge in [0.05, 0.1) is 26.3 Å². The van der Waals surface area contributed by atoms with Crippen molar-refractivity contribution in [2.75, 3.05) is 26.6 Å². The van der Waals surface area contributed by atoms with Crippen LogP contribution in [0.4, 0.5) is 11.6 Å². The van der Waals surface area contributed by atoms with Crippen LogP contribution in [0, 0.1) is 15.5 Å². The predicted octanol–water partition coefficient (Wildman–Crippen LogP) is 4.54. The first-order valence-electron chi connectivity index (χ1n) is 11.7. The number of aromatic nitrogens is 3. The van der Waals surface area contributed by atoms with Gasteiger partial charge in [-0.25, -0.2) is 4.68 Å². The largest absolute Gasteiger partial charge is 0.493 e. The number of anilines is 1. The molecule has 1 aliphatic carbocycles. The number of rotatable bonds is 6. The number of Topliss-reactive ketones (excluding diaryl/α,β-unsaturated/α-hetero) is 1. The Balaban J connectivity index is 1.69. The molecule has 1 aromatic heterocycles. The zero-order valence-corrected chi connectivity index (χ0v) is 21.2. The molecule has 192 valence electrons. The van der Waals surface area contributed by atoms with Gasteiger partial charge in [0.2, 0.25) is 11.7 Å². The van der Waals surface area contributed by atoms with E-state index in [-0.39, 0.29) is 16.9 Å². The lowest BCUT2D eigenvalue weighted by Gasteiger charge is -2.38. The average Bonchev–Trinajstić information content (AvgIpc) is 3.29. The molecular formula is C26H27N5O6. The molecule has 2 aliphatic rings. The molecule has 0 saturated carbocycles. The second kappa shape index (κ2) is 8.91. The molecule has 2 aromatic carbocycles. The fourth-order valence-corrected chi connectivity index (χ4v) is 5.03. The van der Waals surface area contributed by atoms with Crippen LogP contribution in [0.15, 0.2) is 47.7 Å². The van der Waals surface area contributed by atoms with E-state index in [9.17, 15) is 14.9 Å². The molecule has 1 unspecified atom stereocenters. The molecule has 37 heavy (non-hydrogen) atoms. The van der Waals surface area contributed by atoms with Crippen LogP contribution in [0.3, 0.4) is 0 Å². The SMILES string of the molecule is COc1cc(C2C3=C(CC(C)(C)CC3=O)Nc3nc(-c4ccc([N+](=O)[O-])cc4)nn32)cc(OC)c1OC. The second-order valence-electron chi connectivity index (χ2n) is 9.83. The van der Waals surface area contributed by atoms with Crippen LogP contribution in [0.1, 0.15) is 38.3 Å². The summed E-state index contributed by atoms with van der Waals surface area (Å²) in [6.07, 6.45) is 1.06. The minimum atomic E-state index is -0.595. The molecule has 0 fully saturated rings. The molecule has 11 nitrogen and oxygen atoms in total. The summed E-state index contributed by atoms with van der Waals surface area (Å²) in [4.78, 5) is 28.9. The highest BCUT2D eigenvalue weighted by molar-refractivity contribution is 6.00. The number of nitro benzene ring substituents is 1. The second-order valence-corrected chi connectivity index (χ2v) is 9.83. The first kappa shape index (κ1) is 24.3. The number of carbonyl (C=O) groups excluding carboxylic acids is 1. The number of nitrogens with zero attached hydrogens (tertiary/aromatic N) is 4. The number of methoxy groups -OCH3 is 3. The van der Waals surface area contributed by atoms with Crippen molar-refractivity contribution in [2.24, 2.45) is 5.41 Å². The maximum atomic E-state index is 13.5. The Morgan fingerprint density at radius 3 is 2.27 bits per heavy atom. The topological polar surface area (TPSA) is 131 Å². The summed E-state index contributed by atoms with van der Waals surface area (Å²) in [6.45, 7) is 4.12. The van der Waals surface area contributed by atoms with Crippen molar-refractivity contribution < 1.29 is 23.9 Å². The van der Waals surface area contributed by atoms with Crippen LogP contribution in [0.25, 0.3) is 11.4 Å². The lowest BCUT2D eigenvalue weighted by atomic mass is 9.73. The monoisotopic (exact) mass is 505 g/mol. The van der Waals surface area contributed by atoms with Crippen molar-refractivity contribution in [3.05, 3.63) is 63.3 Å². The Bertz CT molecular complexity index is 1420. The molecule has 1 N–H and O–H groups in total. The van der Waals surface area contributed by atoms with Crippen LogP contribution in [0.2, 0.25) is 0 Å². The Morgan fingerprint density at radius 2 is 1.70 bits per heavy atom. The number of fused-ring (bicyclic) bond motifs is 1. The van der Waals surface area contributed by atoms with E-state index in [1.54, 1.807) is 16.8 Å². The van der Waals surface area contributed by atoms with E-state index in [4.69, 9.17) is 24.3 Å². The van der Waals surface area contributed by atoms with Crippen LogP contribution in [-0.4, -0.2) is 46.8 Å². The van der Waals surface area contributed by atoms with Crippen LogP contribution < -0.4 is 19.5 Å².